The number of rotatable bonds is 7. The molecule has 0 heterocycles. The van der Waals surface area contributed by atoms with Gasteiger partial charge < -0.3 is 21.3 Å². The molecule has 0 amide bonds. The molecule has 174 valence electrons. The Morgan fingerprint density at radius 2 is 2.00 bits per heavy atom. The van der Waals surface area contributed by atoms with Gasteiger partial charge in [0.15, 0.2) is 0 Å². The molecule has 3 aliphatic rings. The summed E-state index contributed by atoms with van der Waals surface area (Å²) in [5.74, 6) is 1.79. The Morgan fingerprint density at radius 1 is 1.26 bits per heavy atom. The molecule has 31 heavy (non-hydrogen) atoms. The highest BCUT2D eigenvalue weighted by Gasteiger charge is 2.46. The van der Waals surface area contributed by atoms with Crippen LogP contribution in [0, 0.1) is 23.7 Å². The number of hydrogen-bond acceptors (Lipinski definition) is 4. The van der Waals surface area contributed by atoms with Crippen molar-refractivity contribution in [1.29, 1.82) is 0 Å². The van der Waals surface area contributed by atoms with Gasteiger partial charge in [0.25, 0.3) is 0 Å². The quantitative estimate of drug-likeness (QED) is 0.512. The van der Waals surface area contributed by atoms with Crippen LogP contribution in [0.15, 0.2) is 18.2 Å². The van der Waals surface area contributed by atoms with Crippen LogP contribution in [0.1, 0.15) is 76.8 Å². The summed E-state index contributed by atoms with van der Waals surface area (Å²) >= 11 is 0. The van der Waals surface area contributed by atoms with Crippen molar-refractivity contribution in [1.82, 2.24) is 5.32 Å². The third-order valence-corrected chi connectivity index (χ3v) is 8.04. The van der Waals surface area contributed by atoms with E-state index in [4.69, 9.17) is 5.73 Å². The number of nitrogens with one attached hydrogen (secondary N) is 1. The molecule has 2 saturated carbocycles. The summed E-state index contributed by atoms with van der Waals surface area (Å²) in [5.41, 5.74) is 7.96. The summed E-state index contributed by atoms with van der Waals surface area (Å²) in [6.45, 7) is 7.88. The van der Waals surface area contributed by atoms with E-state index in [1.807, 2.05) is 26.0 Å². The van der Waals surface area contributed by atoms with Crippen LogP contribution >= 0.6 is 0 Å². The largest absolute Gasteiger partial charge is 0.508 e. The van der Waals surface area contributed by atoms with E-state index in [-0.39, 0.29) is 11.3 Å². The van der Waals surface area contributed by atoms with E-state index in [2.05, 4.69) is 18.3 Å². The van der Waals surface area contributed by atoms with E-state index >= 15 is 0 Å². The van der Waals surface area contributed by atoms with E-state index in [9.17, 15) is 15.0 Å². The van der Waals surface area contributed by atoms with Gasteiger partial charge in [0.05, 0.1) is 0 Å². The van der Waals surface area contributed by atoms with E-state index in [1.165, 1.54) is 43.2 Å². The van der Waals surface area contributed by atoms with Gasteiger partial charge in [-0.25, -0.2) is 0 Å². The number of carboxylic acids is 1. The predicted molar refractivity (Wildman–Crippen MR) is 125 cm³/mol. The SMILES string of the molecule is CC(C)[C@H](NCC[C@@]12CCCC[C@@H](Cc3ccc(O)cc31)C2C)C(=O)O.NCC1CC1. The predicted octanol–water partition coefficient (Wildman–Crippen LogP) is 4.46. The maximum Gasteiger partial charge on any atom is 0.320 e. The number of carboxylic acid groups (broad SMARTS) is 1. The Bertz CT molecular complexity index is 746. The Balaban J connectivity index is 0.000000478. The third kappa shape index (κ3) is 5.61. The first-order chi connectivity index (χ1) is 14.8. The van der Waals surface area contributed by atoms with Gasteiger partial charge in [-0.2, -0.15) is 0 Å². The molecule has 3 aliphatic carbocycles. The smallest absolute Gasteiger partial charge is 0.320 e. The molecule has 1 aromatic rings. The third-order valence-electron chi connectivity index (χ3n) is 8.04. The number of aromatic hydroxyl groups is 1. The first kappa shape index (κ1) is 24.1. The summed E-state index contributed by atoms with van der Waals surface area (Å²) in [4.78, 5) is 11.5. The highest BCUT2D eigenvalue weighted by Crippen LogP contribution is 2.53. The molecule has 4 rings (SSSR count). The maximum atomic E-state index is 11.5. The van der Waals surface area contributed by atoms with Crippen molar-refractivity contribution in [3.05, 3.63) is 29.3 Å². The summed E-state index contributed by atoms with van der Waals surface area (Å²) in [7, 11) is 0. The summed E-state index contributed by atoms with van der Waals surface area (Å²) in [5, 5.41) is 22.9. The van der Waals surface area contributed by atoms with Crippen molar-refractivity contribution < 1.29 is 15.0 Å². The van der Waals surface area contributed by atoms with Gasteiger partial charge in [0, 0.05) is 0 Å². The van der Waals surface area contributed by atoms with Gasteiger partial charge in [-0.3, -0.25) is 4.79 Å². The summed E-state index contributed by atoms with van der Waals surface area (Å²) < 4.78 is 0. The topological polar surface area (TPSA) is 95.6 Å². The van der Waals surface area contributed by atoms with Gasteiger partial charge in [-0.15, -0.1) is 0 Å². The van der Waals surface area contributed by atoms with E-state index in [0.29, 0.717) is 24.1 Å². The zero-order chi connectivity index (χ0) is 22.6. The van der Waals surface area contributed by atoms with Crippen molar-refractivity contribution in [3.63, 3.8) is 0 Å². The highest BCUT2D eigenvalue weighted by atomic mass is 16.4. The lowest BCUT2D eigenvalue weighted by Crippen LogP contribution is -2.47. The Labute approximate surface area is 187 Å². The van der Waals surface area contributed by atoms with Crippen molar-refractivity contribution in [2.45, 2.75) is 83.6 Å². The number of phenols is 1. The molecular formula is C26H42N2O3. The molecule has 1 unspecified atom stereocenters. The number of benzene rings is 1. The molecule has 1 aromatic carbocycles. The molecule has 0 spiro atoms. The fraction of sp³-hybridized carbons (Fsp3) is 0.731. The van der Waals surface area contributed by atoms with Crippen molar-refractivity contribution in [3.8, 4) is 5.75 Å². The monoisotopic (exact) mass is 430 g/mol. The lowest BCUT2D eigenvalue weighted by molar-refractivity contribution is -0.140. The Morgan fingerprint density at radius 3 is 2.58 bits per heavy atom. The second-order valence-corrected chi connectivity index (χ2v) is 10.4. The molecule has 0 radical (unpaired) electrons. The summed E-state index contributed by atoms with van der Waals surface area (Å²) in [6, 6.07) is 5.39. The molecule has 0 aliphatic heterocycles. The van der Waals surface area contributed by atoms with Gasteiger partial charge >= 0.3 is 5.97 Å². The lowest BCUT2D eigenvalue weighted by atomic mass is 9.57. The minimum absolute atomic E-state index is 0.0422. The van der Waals surface area contributed by atoms with Crippen LogP contribution in [0.2, 0.25) is 0 Å². The second-order valence-electron chi connectivity index (χ2n) is 10.4. The van der Waals surface area contributed by atoms with Crippen LogP contribution in [0.3, 0.4) is 0 Å². The molecule has 5 nitrogen and oxygen atoms in total. The number of aliphatic carboxylic acids is 1. The zero-order valence-corrected chi connectivity index (χ0v) is 19.6. The first-order valence-electron chi connectivity index (χ1n) is 12.3. The Kier molecular flexibility index (Phi) is 8.03. The van der Waals surface area contributed by atoms with Crippen LogP contribution in [0.5, 0.6) is 5.75 Å². The second kappa shape index (κ2) is 10.4. The number of nitrogens with two attached hydrogens (primary N) is 1. The van der Waals surface area contributed by atoms with Crippen molar-refractivity contribution in [2.75, 3.05) is 13.1 Å². The van der Waals surface area contributed by atoms with Gasteiger partial charge in [-0.1, -0.05) is 39.7 Å². The van der Waals surface area contributed by atoms with Crippen LogP contribution in [-0.4, -0.2) is 35.3 Å². The lowest BCUT2D eigenvalue weighted by Gasteiger charge is -2.47. The maximum absolute atomic E-state index is 11.5. The average Bonchev–Trinajstić information content (AvgIpc) is 3.56. The van der Waals surface area contributed by atoms with E-state index in [0.717, 1.165) is 31.7 Å². The van der Waals surface area contributed by atoms with E-state index < -0.39 is 12.0 Å². The zero-order valence-electron chi connectivity index (χ0n) is 19.6. The molecule has 0 saturated heterocycles. The van der Waals surface area contributed by atoms with Gasteiger partial charge in [0.2, 0.25) is 0 Å². The number of fused-ring (bicyclic) bond motifs is 4. The van der Waals surface area contributed by atoms with Gasteiger partial charge in [-0.05, 0) is 104 Å². The standard InChI is InChI=1S/C22H33NO3.C4H9N/c1-14(2)20(21(25)26)23-11-10-22-9-5-4-6-16(15(22)3)12-17-7-8-18(24)13-19(17)22;5-3-4-1-2-4/h7-8,13-16,20,23-24H,4-6,9-12H2,1-3H3,(H,25,26);4H,1-3,5H2/t15?,16-,20-,22+;/m0./s1. The molecule has 5 heteroatoms. The van der Waals surface area contributed by atoms with Crippen LogP contribution in [0.25, 0.3) is 0 Å². The number of carbonyl (C=O) groups is 1. The van der Waals surface area contributed by atoms with Crippen LogP contribution < -0.4 is 11.1 Å². The fourth-order valence-corrected chi connectivity index (χ4v) is 5.82. The normalized spacial score (nSPS) is 28.2. The molecule has 4 atom stereocenters. The van der Waals surface area contributed by atoms with Gasteiger partial charge in [0.1, 0.15) is 11.8 Å². The van der Waals surface area contributed by atoms with Crippen LogP contribution in [-0.2, 0) is 16.6 Å². The first-order valence-corrected chi connectivity index (χ1v) is 12.3. The fourth-order valence-electron chi connectivity index (χ4n) is 5.82. The van der Waals surface area contributed by atoms with Crippen molar-refractivity contribution in [2.24, 2.45) is 29.4 Å². The minimum atomic E-state index is -0.772. The Hall–Kier alpha value is -1.59. The van der Waals surface area contributed by atoms with Crippen LogP contribution in [0.4, 0.5) is 0 Å². The molecule has 2 bridgehead atoms. The summed E-state index contributed by atoms with van der Waals surface area (Å²) in [6.07, 6.45) is 9.69. The average molecular weight is 431 g/mol. The molecule has 0 aromatic heterocycles. The van der Waals surface area contributed by atoms with Crippen molar-refractivity contribution >= 4 is 5.97 Å². The number of hydrogen-bond donors (Lipinski definition) is 4. The highest BCUT2D eigenvalue weighted by molar-refractivity contribution is 5.73. The number of phenolic OH excluding ortho intramolecular Hbond substituents is 1. The molecule has 5 N–H and O–H groups in total. The minimum Gasteiger partial charge on any atom is -0.508 e. The molecular weight excluding hydrogens is 388 g/mol. The molecule has 2 fully saturated rings. The van der Waals surface area contributed by atoms with E-state index in [1.54, 1.807) is 0 Å².